The van der Waals surface area contributed by atoms with Crippen molar-refractivity contribution in [1.82, 2.24) is 0 Å². The molecule has 0 unspecified atom stereocenters. The van der Waals surface area contributed by atoms with Crippen LogP contribution >= 0.6 is 0 Å². The molecule has 1 aliphatic rings. The first-order chi connectivity index (χ1) is 10.8. The fourth-order valence-electron chi connectivity index (χ4n) is 3.71. The molecule has 0 aliphatic heterocycles. The van der Waals surface area contributed by atoms with E-state index < -0.39 is 12.4 Å². The average Bonchev–Trinajstić information content (AvgIpc) is 2.87. The van der Waals surface area contributed by atoms with E-state index >= 15 is 0 Å². The highest BCUT2D eigenvalue weighted by Crippen LogP contribution is 2.52. The van der Waals surface area contributed by atoms with Gasteiger partial charge in [0.05, 0.1) is 5.31 Å². The zero-order chi connectivity index (χ0) is 15.2. The van der Waals surface area contributed by atoms with E-state index in [1.54, 1.807) is 0 Å². The largest absolute Gasteiger partial charge is 0.472 e. The summed E-state index contributed by atoms with van der Waals surface area (Å²) in [6.45, 7) is 0. The van der Waals surface area contributed by atoms with Crippen molar-refractivity contribution in [1.29, 1.82) is 0 Å². The molecule has 0 saturated carbocycles. The molecule has 22 heavy (non-hydrogen) atoms. The molecule has 0 bridgehead atoms. The van der Waals surface area contributed by atoms with Crippen molar-refractivity contribution >= 4 is 7.12 Å². The summed E-state index contributed by atoms with van der Waals surface area (Å²) in [6.07, 6.45) is 0. The summed E-state index contributed by atoms with van der Waals surface area (Å²) in [6, 6.07) is 25.7. The summed E-state index contributed by atoms with van der Waals surface area (Å²) in [5.41, 5.74) is 4.90. The molecule has 106 valence electrons. The van der Waals surface area contributed by atoms with E-state index in [0.29, 0.717) is 0 Å². The maximum atomic E-state index is 10.4. The van der Waals surface area contributed by atoms with Gasteiger partial charge in [0.25, 0.3) is 0 Å². The van der Waals surface area contributed by atoms with Crippen LogP contribution in [0.1, 0.15) is 16.7 Å². The lowest BCUT2D eigenvalue weighted by molar-refractivity contribution is 0.377. The number of hydrogen-bond donors (Lipinski definition) is 2. The van der Waals surface area contributed by atoms with Gasteiger partial charge in [-0.05, 0) is 27.8 Å². The predicted molar refractivity (Wildman–Crippen MR) is 88.4 cm³/mol. The number of fused-ring (bicyclic) bond motifs is 3. The van der Waals surface area contributed by atoms with Crippen molar-refractivity contribution in [2.24, 2.45) is 0 Å². The highest BCUT2D eigenvalue weighted by Gasteiger charge is 2.52. The van der Waals surface area contributed by atoms with Crippen LogP contribution in [0.15, 0.2) is 78.9 Å². The van der Waals surface area contributed by atoms with Gasteiger partial charge in [-0.15, -0.1) is 0 Å². The topological polar surface area (TPSA) is 40.5 Å². The summed E-state index contributed by atoms with van der Waals surface area (Å²) in [7, 11) is -1.51. The molecular weight excluding hydrogens is 271 g/mol. The molecule has 2 nitrogen and oxygen atoms in total. The summed E-state index contributed by atoms with van der Waals surface area (Å²) < 4.78 is 0. The van der Waals surface area contributed by atoms with Gasteiger partial charge < -0.3 is 10.0 Å². The molecule has 1 aliphatic carbocycles. The third kappa shape index (κ3) is 1.58. The van der Waals surface area contributed by atoms with Crippen molar-refractivity contribution in [2.75, 3.05) is 0 Å². The Hall–Kier alpha value is -2.36. The summed E-state index contributed by atoms with van der Waals surface area (Å²) in [5.74, 6) is 0. The van der Waals surface area contributed by atoms with Crippen LogP contribution in [-0.4, -0.2) is 17.2 Å². The van der Waals surface area contributed by atoms with E-state index in [1.165, 1.54) is 0 Å². The van der Waals surface area contributed by atoms with Crippen LogP contribution in [0.3, 0.4) is 0 Å². The van der Waals surface area contributed by atoms with Gasteiger partial charge in [0, 0.05) is 0 Å². The van der Waals surface area contributed by atoms with Crippen molar-refractivity contribution in [2.45, 2.75) is 5.31 Å². The summed E-state index contributed by atoms with van der Waals surface area (Å²) in [5, 5.41) is 19.9. The van der Waals surface area contributed by atoms with Crippen LogP contribution in [-0.2, 0) is 5.31 Å². The Labute approximate surface area is 129 Å². The second-order valence-corrected chi connectivity index (χ2v) is 5.64. The van der Waals surface area contributed by atoms with E-state index in [4.69, 9.17) is 0 Å². The van der Waals surface area contributed by atoms with E-state index in [0.717, 1.165) is 27.8 Å². The Bertz CT molecular complexity index is 782. The standard InChI is InChI=1S/C19H15BO2/c21-20(22)19(14-8-2-1-3-9-14)17-12-6-4-10-15(17)16-11-5-7-13-18(16)19/h1-13,21-22H. The summed E-state index contributed by atoms with van der Waals surface area (Å²) in [4.78, 5) is 0. The molecule has 0 radical (unpaired) electrons. The third-order valence-corrected chi connectivity index (χ3v) is 4.61. The molecule has 0 spiro atoms. The van der Waals surface area contributed by atoms with Crippen LogP contribution < -0.4 is 0 Å². The molecule has 0 amide bonds. The molecule has 3 aromatic carbocycles. The SMILES string of the molecule is OB(O)C1(c2ccccc2)c2ccccc2-c2ccccc21. The van der Waals surface area contributed by atoms with E-state index in [9.17, 15) is 10.0 Å². The van der Waals surface area contributed by atoms with Gasteiger partial charge in [-0.3, -0.25) is 0 Å². The molecule has 0 aromatic heterocycles. The van der Waals surface area contributed by atoms with Crippen molar-refractivity contribution in [3.63, 3.8) is 0 Å². The van der Waals surface area contributed by atoms with Gasteiger partial charge >= 0.3 is 7.12 Å². The number of rotatable bonds is 2. The number of benzene rings is 3. The number of hydrogen-bond acceptors (Lipinski definition) is 2. The first-order valence-electron chi connectivity index (χ1n) is 7.37. The molecule has 2 N–H and O–H groups in total. The molecule has 4 rings (SSSR count). The second-order valence-electron chi connectivity index (χ2n) is 5.64. The zero-order valence-corrected chi connectivity index (χ0v) is 12.0. The van der Waals surface area contributed by atoms with Crippen LogP contribution in [0.25, 0.3) is 11.1 Å². The normalized spacial score (nSPS) is 14.3. The maximum absolute atomic E-state index is 10.4. The van der Waals surface area contributed by atoms with Gasteiger partial charge in [-0.2, -0.15) is 0 Å². The minimum Gasteiger partial charge on any atom is -0.426 e. The Morgan fingerprint density at radius 3 is 1.55 bits per heavy atom. The van der Waals surface area contributed by atoms with Crippen LogP contribution in [0.2, 0.25) is 0 Å². The molecule has 3 heteroatoms. The van der Waals surface area contributed by atoms with Crippen molar-refractivity contribution < 1.29 is 10.0 Å². The Morgan fingerprint density at radius 2 is 1.05 bits per heavy atom. The van der Waals surface area contributed by atoms with Gasteiger partial charge in [0.2, 0.25) is 0 Å². The Kier molecular flexibility index (Phi) is 2.93. The van der Waals surface area contributed by atoms with Gasteiger partial charge in [-0.1, -0.05) is 78.9 Å². The van der Waals surface area contributed by atoms with Crippen LogP contribution in [0.4, 0.5) is 0 Å². The van der Waals surface area contributed by atoms with Gasteiger partial charge in [0.1, 0.15) is 0 Å². The van der Waals surface area contributed by atoms with Gasteiger partial charge in [0.15, 0.2) is 0 Å². The molecular formula is C19H15BO2. The fraction of sp³-hybridized carbons (Fsp3) is 0.0526. The Balaban J connectivity index is 2.15. The van der Waals surface area contributed by atoms with Crippen LogP contribution in [0.5, 0.6) is 0 Å². The van der Waals surface area contributed by atoms with Crippen molar-refractivity contribution in [3.05, 3.63) is 95.6 Å². The fourth-order valence-corrected chi connectivity index (χ4v) is 3.71. The first kappa shape index (κ1) is 13.3. The zero-order valence-electron chi connectivity index (χ0n) is 12.0. The smallest absolute Gasteiger partial charge is 0.426 e. The minimum absolute atomic E-state index is 0.891. The van der Waals surface area contributed by atoms with E-state index in [2.05, 4.69) is 0 Å². The molecule has 0 fully saturated rings. The predicted octanol–water partition coefficient (Wildman–Crippen LogP) is 3.01. The lowest BCUT2D eigenvalue weighted by Crippen LogP contribution is -2.44. The molecule has 0 atom stereocenters. The first-order valence-corrected chi connectivity index (χ1v) is 7.37. The quantitative estimate of drug-likeness (QED) is 0.711. The molecule has 0 saturated heterocycles. The van der Waals surface area contributed by atoms with E-state index in [1.807, 2.05) is 78.9 Å². The molecule has 0 heterocycles. The highest BCUT2D eigenvalue weighted by atomic mass is 16.4. The average molecular weight is 286 g/mol. The minimum atomic E-state index is -1.51. The lowest BCUT2D eigenvalue weighted by Gasteiger charge is -2.31. The second kappa shape index (κ2) is 4.84. The monoisotopic (exact) mass is 286 g/mol. The van der Waals surface area contributed by atoms with Crippen LogP contribution in [0, 0.1) is 0 Å². The maximum Gasteiger partial charge on any atom is 0.472 e. The van der Waals surface area contributed by atoms with Gasteiger partial charge in [-0.25, -0.2) is 0 Å². The van der Waals surface area contributed by atoms with E-state index in [-0.39, 0.29) is 0 Å². The molecule has 3 aromatic rings. The third-order valence-electron chi connectivity index (χ3n) is 4.61. The van der Waals surface area contributed by atoms with Crippen molar-refractivity contribution in [3.8, 4) is 11.1 Å². The lowest BCUT2D eigenvalue weighted by atomic mass is 9.50. The Morgan fingerprint density at radius 1 is 0.591 bits per heavy atom. The summed E-state index contributed by atoms with van der Waals surface area (Å²) >= 11 is 0. The highest BCUT2D eigenvalue weighted by molar-refractivity contribution is 6.49.